The molecular formula is C10H7ClKNO2. The first kappa shape index (κ1) is 15.1. The average molecular weight is 248 g/mol. The number of carbonyl (C=O) groups is 1. The van der Waals surface area contributed by atoms with Crippen LogP contribution in [0.15, 0.2) is 24.3 Å². The van der Waals surface area contributed by atoms with E-state index in [1.54, 1.807) is 24.3 Å². The molecule has 0 aliphatic carbocycles. The van der Waals surface area contributed by atoms with Crippen molar-refractivity contribution in [3.05, 3.63) is 34.9 Å². The molecule has 0 saturated heterocycles. The zero-order chi connectivity index (χ0) is 10.6. The van der Waals surface area contributed by atoms with Crippen LogP contribution in [0.2, 0.25) is 5.02 Å². The molecule has 0 aliphatic rings. The van der Waals surface area contributed by atoms with Crippen molar-refractivity contribution in [1.29, 1.82) is 5.26 Å². The summed E-state index contributed by atoms with van der Waals surface area (Å²) in [6.07, 6.45) is -0.294. The fourth-order valence-corrected chi connectivity index (χ4v) is 1.23. The Kier molecular flexibility index (Phi) is 7.44. The van der Waals surface area contributed by atoms with E-state index in [0.717, 1.165) is 0 Å². The molecule has 0 spiro atoms. The van der Waals surface area contributed by atoms with E-state index in [0.29, 0.717) is 10.6 Å². The third kappa shape index (κ3) is 5.11. The van der Waals surface area contributed by atoms with Crippen molar-refractivity contribution < 1.29 is 61.3 Å². The van der Waals surface area contributed by atoms with Crippen molar-refractivity contribution >= 4 is 17.6 Å². The first-order valence-corrected chi connectivity index (χ1v) is 4.36. The second kappa shape index (κ2) is 7.39. The number of aliphatic carboxylic acids is 1. The molecule has 1 aromatic carbocycles. The second-order valence-electron chi connectivity index (χ2n) is 2.81. The molecule has 0 aliphatic heterocycles. The summed E-state index contributed by atoms with van der Waals surface area (Å²) in [6.45, 7) is 0. The molecule has 0 amide bonds. The summed E-state index contributed by atoms with van der Waals surface area (Å²) in [7, 11) is 0. The van der Waals surface area contributed by atoms with Crippen LogP contribution < -0.4 is 56.5 Å². The molecule has 5 heteroatoms. The van der Waals surface area contributed by atoms with Crippen LogP contribution in [0.5, 0.6) is 0 Å². The van der Waals surface area contributed by atoms with Gasteiger partial charge in [0.1, 0.15) is 0 Å². The smallest absolute Gasteiger partial charge is 0.550 e. The average Bonchev–Trinajstić information content (AvgIpc) is 2.15. The fourth-order valence-electron chi connectivity index (χ4n) is 1.10. The van der Waals surface area contributed by atoms with Crippen LogP contribution in [-0.4, -0.2) is 5.97 Å². The summed E-state index contributed by atoms with van der Waals surface area (Å²) < 4.78 is 0. The second-order valence-corrected chi connectivity index (χ2v) is 3.25. The topological polar surface area (TPSA) is 63.9 Å². The summed E-state index contributed by atoms with van der Waals surface area (Å²) in [5.41, 5.74) is 0.640. The maximum atomic E-state index is 10.3. The van der Waals surface area contributed by atoms with Gasteiger partial charge in [-0.15, -0.1) is 0 Å². The Balaban J connectivity index is 0.00000196. The molecule has 0 heterocycles. The predicted octanol–water partition coefficient (Wildman–Crippen LogP) is -1.91. The third-order valence-electron chi connectivity index (χ3n) is 1.80. The first-order valence-electron chi connectivity index (χ1n) is 3.98. The Morgan fingerprint density at radius 2 is 2.00 bits per heavy atom. The minimum Gasteiger partial charge on any atom is -0.550 e. The van der Waals surface area contributed by atoms with Crippen molar-refractivity contribution in [2.24, 2.45) is 0 Å². The van der Waals surface area contributed by atoms with Crippen molar-refractivity contribution in [3.8, 4) is 6.07 Å². The number of benzene rings is 1. The largest absolute Gasteiger partial charge is 1.00 e. The quantitative estimate of drug-likeness (QED) is 0.586. The number of nitrogens with zero attached hydrogens (tertiary/aromatic N) is 1. The predicted molar refractivity (Wildman–Crippen MR) is 49.4 cm³/mol. The monoisotopic (exact) mass is 247 g/mol. The van der Waals surface area contributed by atoms with Gasteiger partial charge in [0.2, 0.25) is 0 Å². The summed E-state index contributed by atoms with van der Waals surface area (Å²) >= 11 is 5.65. The van der Waals surface area contributed by atoms with E-state index in [2.05, 4.69) is 0 Å². The first-order chi connectivity index (χ1) is 6.63. The third-order valence-corrected chi connectivity index (χ3v) is 2.05. The summed E-state index contributed by atoms with van der Waals surface area (Å²) in [5.74, 6) is -1.90. The Morgan fingerprint density at radius 3 is 2.40 bits per heavy atom. The fraction of sp³-hybridized carbons (Fsp3) is 0.200. The summed E-state index contributed by atoms with van der Waals surface area (Å²) in [6, 6.07) is 8.42. The number of hydrogen-bond donors (Lipinski definition) is 0. The van der Waals surface area contributed by atoms with Crippen LogP contribution >= 0.6 is 11.6 Å². The van der Waals surface area contributed by atoms with Gasteiger partial charge >= 0.3 is 51.4 Å². The number of carboxylic acid groups (broad SMARTS) is 1. The maximum Gasteiger partial charge on any atom is 1.00 e. The van der Waals surface area contributed by atoms with Gasteiger partial charge in [-0.1, -0.05) is 23.7 Å². The van der Waals surface area contributed by atoms with Crippen LogP contribution in [0.4, 0.5) is 0 Å². The standard InChI is InChI=1S/C10H8ClNO2.K/c11-9-3-1-7(2-4-9)8(6-12)5-10(13)14;/h1-4,8H,5H2,(H,13,14);/q;+1/p-1/t8-;/m1./s1. The van der Waals surface area contributed by atoms with E-state index >= 15 is 0 Å². The van der Waals surface area contributed by atoms with Crippen molar-refractivity contribution in [2.75, 3.05) is 0 Å². The summed E-state index contributed by atoms with van der Waals surface area (Å²) in [4.78, 5) is 10.3. The van der Waals surface area contributed by atoms with Crippen LogP contribution in [0.1, 0.15) is 17.9 Å². The van der Waals surface area contributed by atoms with E-state index in [1.165, 1.54) is 0 Å². The molecule has 0 fully saturated rings. The number of hydrogen-bond acceptors (Lipinski definition) is 3. The molecule has 0 saturated carbocycles. The van der Waals surface area contributed by atoms with Gasteiger partial charge in [0.15, 0.2) is 0 Å². The van der Waals surface area contributed by atoms with E-state index in [-0.39, 0.29) is 57.8 Å². The van der Waals surface area contributed by atoms with E-state index in [4.69, 9.17) is 16.9 Å². The molecular weight excluding hydrogens is 241 g/mol. The van der Waals surface area contributed by atoms with Gasteiger partial charge in [0.25, 0.3) is 0 Å². The minimum absolute atomic E-state index is 0. The van der Waals surface area contributed by atoms with E-state index < -0.39 is 11.9 Å². The molecule has 1 aromatic rings. The Morgan fingerprint density at radius 1 is 1.47 bits per heavy atom. The zero-order valence-corrected chi connectivity index (χ0v) is 12.1. The van der Waals surface area contributed by atoms with Gasteiger partial charge in [-0.05, 0) is 17.7 Å². The van der Waals surface area contributed by atoms with Gasteiger partial charge in [-0.3, -0.25) is 0 Å². The summed E-state index contributed by atoms with van der Waals surface area (Å²) in [5, 5.41) is 19.6. The molecule has 15 heavy (non-hydrogen) atoms. The van der Waals surface area contributed by atoms with Gasteiger partial charge in [-0.25, -0.2) is 0 Å². The molecule has 0 unspecified atom stereocenters. The molecule has 1 atom stereocenters. The van der Waals surface area contributed by atoms with Crippen LogP contribution in [0, 0.1) is 11.3 Å². The Bertz CT molecular complexity index is 372. The normalized spacial score (nSPS) is 10.9. The van der Waals surface area contributed by atoms with Crippen LogP contribution in [-0.2, 0) is 4.79 Å². The van der Waals surface area contributed by atoms with Crippen molar-refractivity contribution in [2.45, 2.75) is 12.3 Å². The Labute approximate surface area is 135 Å². The Hall–Kier alpha value is 0.106. The molecule has 1 rings (SSSR count). The number of carboxylic acids is 1. The number of halogens is 1. The zero-order valence-electron chi connectivity index (χ0n) is 8.24. The van der Waals surface area contributed by atoms with Gasteiger partial charge in [-0.2, -0.15) is 5.26 Å². The molecule has 3 nitrogen and oxygen atoms in total. The minimum atomic E-state index is -1.23. The number of carbonyl (C=O) groups excluding carboxylic acids is 1. The number of rotatable bonds is 3. The van der Waals surface area contributed by atoms with Crippen molar-refractivity contribution in [3.63, 3.8) is 0 Å². The molecule has 0 radical (unpaired) electrons. The molecule has 0 aromatic heterocycles. The van der Waals surface area contributed by atoms with Crippen LogP contribution in [0.3, 0.4) is 0 Å². The van der Waals surface area contributed by atoms with Gasteiger partial charge < -0.3 is 9.90 Å². The van der Waals surface area contributed by atoms with Crippen molar-refractivity contribution in [1.82, 2.24) is 0 Å². The molecule has 72 valence electrons. The van der Waals surface area contributed by atoms with Gasteiger partial charge in [0, 0.05) is 17.4 Å². The van der Waals surface area contributed by atoms with Gasteiger partial charge in [0.05, 0.1) is 12.0 Å². The molecule has 0 N–H and O–H groups in total. The van der Waals surface area contributed by atoms with Crippen LogP contribution in [0.25, 0.3) is 0 Å². The SMILES string of the molecule is N#C[C@@H](CC(=O)[O-])c1ccc(Cl)cc1.[K+]. The maximum absolute atomic E-state index is 10.3. The number of nitriles is 1. The van der Waals surface area contributed by atoms with E-state index in [1.807, 2.05) is 6.07 Å². The molecule has 0 bridgehead atoms. The van der Waals surface area contributed by atoms with E-state index in [9.17, 15) is 9.90 Å².